The van der Waals surface area contributed by atoms with Crippen molar-refractivity contribution in [3.05, 3.63) is 69.7 Å². The first-order chi connectivity index (χ1) is 13.9. The topological polar surface area (TPSA) is 49.4 Å². The zero-order valence-electron chi connectivity index (χ0n) is 17.0. The molecule has 0 radical (unpaired) electrons. The van der Waals surface area contributed by atoms with Crippen molar-refractivity contribution in [1.82, 2.24) is 10.2 Å². The van der Waals surface area contributed by atoms with Crippen molar-refractivity contribution in [3.8, 4) is 0 Å². The molecule has 2 aromatic rings. The van der Waals surface area contributed by atoms with Crippen molar-refractivity contribution in [1.29, 1.82) is 0 Å². The molecule has 6 heteroatoms. The van der Waals surface area contributed by atoms with E-state index in [0.29, 0.717) is 35.0 Å². The lowest BCUT2D eigenvalue weighted by Crippen LogP contribution is -2.48. The molecule has 4 nitrogen and oxygen atoms in total. The molecule has 2 rings (SSSR count). The molecule has 0 spiro atoms. The molecule has 0 saturated heterocycles. The zero-order chi connectivity index (χ0) is 21.2. The Hall–Kier alpha value is -2.04. The fourth-order valence-corrected chi connectivity index (χ4v) is 3.53. The summed E-state index contributed by atoms with van der Waals surface area (Å²) in [7, 11) is 0. The van der Waals surface area contributed by atoms with E-state index in [1.165, 1.54) is 0 Å². The second-order valence-electron chi connectivity index (χ2n) is 7.03. The molecule has 29 heavy (non-hydrogen) atoms. The molecule has 0 aliphatic heterocycles. The van der Waals surface area contributed by atoms with Gasteiger partial charge in [-0.3, -0.25) is 9.59 Å². The van der Waals surface area contributed by atoms with Crippen LogP contribution in [-0.4, -0.2) is 29.3 Å². The first-order valence-corrected chi connectivity index (χ1v) is 10.7. The van der Waals surface area contributed by atoms with E-state index < -0.39 is 6.04 Å². The number of amides is 2. The molecule has 0 heterocycles. The minimum atomic E-state index is -0.623. The maximum absolute atomic E-state index is 13.1. The monoisotopic (exact) mass is 434 g/mol. The average molecular weight is 435 g/mol. The number of aryl methyl sites for hydroxylation is 1. The summed E-state index contributed by atoms with van der Waals surface area (Å²) in [5.41, 5.74) is 1.73. The Bertz CT molecular complexity index is 792. The van der Waals surface area contributed by atoms with Gasteiger partial charge < -0.3 is 10.2 Å². The van der Waals surface area contributed by atoms with Crippen LogP contribution < -0.4 is 5.32 Å². The third-order valence-corrected chi connectivity index (χ3v) is 5.57. The molecule has 2 aromatic carbocycles. The lowest BCUT2D eigenvalue weighted by Gasteiger charge is -2.29. The molecular formula is C23H28Cl2N2O2. The van der Waals surface area contributed by atoms with Crippen LogP contribution in [0.25, 0.3) is 0 Å². The summed E-state index contributed by atoms with van der Waals surface area (Å²) in [6, 6.07) is 14.4. The summed E-state index contributed by atoms with van der Waals surface area (Å²) >= 11 is 12.6. The van der Waals surface area contributed by atoms with Crippen LogP contribution in [0, 0.1) is 0 Å². The summed E-state index contributed by atoms with van der Waals surface area (Å²) in [5.74, 6) is -0.280. The molecule has 0 bridgehead atoms. The second kappa shape index (κ2) is 11.8. The first kappa shape index (κ1) is 23.2. The number of carbonyl (C=O) groups is 2. The first-order valence-electron chi connectivity index (χ1n) is 9.98. The smallest absolute Gasteiger partial charge is 0.242 e. The number of nitrogens with zero attached hydrogens (tertiary/aromatic N) is 1. The van der Waals surface area contributed by atoms with Gasteiger partial charge in [-0.2, -0.15) is 0 Å². The molecule has 0 aliphatic carbocycles. The van der Waals surface area contributed by atoms with Gasteiger partial charge in [0.05, 0.1) is 0 Å². The van der Waals surface area contributed by atoms with Crippen LogP contribution in [-0.2, 0) is 22.6 Å². The Kier molecular flexibility index (Phi) is 9.49. The van der Waals surface area contributed by atoms with Gasteiger partial charge in [-0.25, -0.2) is 0 Å². The average Bonchev–Trinajstić information content (AvgIpc) is 2.72. The van der Waals surface area contributed by atoms with Crippen molar-refractivity contribution in [2.75, 3.05) is 6.54 Å². The minimum Gasteiger partial charge on any atom is -0.354 e. The van der Waals surface area contributed by atoms with Crippen LogP contribution in [0.3, 0.4) is 0 Å². The third kappa shape index (κ3) is 7.06. The summed E-state index contributed by atoms with van der Waals surface area (Å²) in [6.07, 6.45) is 2.80. The number of unbranched alkanes of at least 4 members (excludes halogenated alkanes) is 1. The van der Waals surface area contributed by atoms with E-state index in [0.717, 1.165) is 18.4 Å². The number of carbonyl (C=O) groups excluding carboxylic acids is 2. The van der Waals surface area contributed by atoms with Gasteiger partial charge in [-0.05, 0) is 37.5 Å². The standard InChI is InChI=1S/C23H28Cl2N2O2/c1-3-4-15-26-23(29)17(2)27(16-19-20(24)11-8-12-21(19)25)22(28)14-13-18-9-6-5-7-10-18/h5-12,17H,3-4,13-16H2,1-2H3,(H,26,29)/t17-/m1/s1. The summed E-state index contributed by atoms with van der Waals surface area (Å²) in [4.78, 5) is 27.3. The predicted octanol–water partition coefficient (Wildman–Crippen LogP) is 5.26. The van der Waals surface area contributed by atoms with Crippen molar-refractivity contribution >= 4 is 35.0 Å². The molecule has 1 N–H and O–H groups in total. The molecule has 0 saturated carbocycles. The number of hydrogen-bond donors (Lipinski definition) is 1. The van der Waals surface area contributed by atoms with E-state index in [1.807, 2.05) is 30.3 Å². The largest absolute Gasteiger partial charge is 0.354 e. The third-order valence-electron chi connectivity index (χ3n) is 4.86. The van der Waals surface area contributed by atoms with E-state index in [9.17, 15) is 9.59 Å². The summed E-state index contributed by atoms with van der Waals surface area (Å²) in [6.45, 7) is 4.59. The van der Waals surface area contributed by atoms with E-state index >= 15 is 0 Å². The van der Waals surface area contributed by atoms with E-state index in [-0.39, 0.29) is 18.4 Å². The quantitative estimate of drug-likeness (QED) is 0.518. The maximum Gasteiger partial charge on any atom is 0.242 e. The highest BCUT2D eigenvalue weighted by Gasteiger charge is 2.27. The maximum atomic E-state index is 13.1. The molecule has 156 valence electrons. The number of halogens is 2. The van der Waals surface area contributed by atoms with Crippen molar-refractivity contribution in [2.24, 2.45) is 0 Å². The minimum absolute atomic E-state index is 0.108. The Morgan fingerprint density at radius 3 is 2.31 bits per heavy atom. The second-order valence-corrected chi connectivity index (χ2v) is 7.84. The van der Waals surface area contributed by atoms with Crippen LogP contribution in [0.15, 0.2) is 48.5 Å². The highest BCUT2D eigenvalue weighted by molar-refractivity contribution is 6.36. The van der Waals surface area contributed by atoms with Gasteiger partial charge in [0.25, 0.3) is 0 Å². The highest BCUT2D eigenvalue weighted by Crippen LogP contribution is 2.27. The summed E-state index contributed by atoms with van der Waals surface area (Å²) < 4.78 is 0. The Morgan fingerprint density at radius 1 is 1.03 bits per heavy atom. The van der Waals surface area contributed by atoms with Crippen LogP contribution in [0.1, 0.15) is 44.2 Å². The fourth-order valence-electron chi connectivity index (χ4n) is 3.01. The van der Waals surface area contributed by atoms with Gasteiger partial charge in [0.15, 0.2) is 0 Å². The SMILES string of the molecule is CCCCNC(=O)[C@@H](C)N(Cc1c(Cl)cccc1Cl)C(=O)CCc1ccccc1. The van der Waals surface area contributed by atoms with Gasteiger partial charge >= 0.3 is 0 Å². The highest BCUT2D eigenvalue weighted by atomic mass is 35.5. The van der Waals surface area contributed by atoms with E-state index in [4.69, 9.17) is 23.2 Å². The normalized spacial score (nSPS) is 11.7. The van der Waals surface area contributed by atoms with Gasteiger partial charge in [-0.15, -0.1) is 0 Å². The van der Waals surface area contributed by atoms with Crippen LogP contribution in [0.5, 0.6) is 0 Å². The fraction of sp³-hybridized carbons (Fsp3) is 0.391. The predicted molar refractivity (Wildman–Crippen MR) is 119 cm³/mol. The Morgan fingerprint density at radius 2 is 1.69 bits per heavy atom. The molecule has 0 aliphatic rings. The molecule has 2 amide bonds. The van der Waals surface area contributed by atoms with E-state index in [2.05, 4.69) is 12.2 Å². The Labute approximate surface area is 183 Å². The van der Waals surface area contributed by atoms with Crippen molar-refractivity contribution in [2.45, 2.75) is 52.1 Å². The van der Waals surface area contributed by atoms with Gasteiger partial charge in [-0.1, -0.05) is 72.9 Å². The molecule has 0 unspecified atom stereocenters. The number of rotatable bonds is 10. The van der Waals surface area contributed by atoms with Crippen LogP contribution >= 0.6 is 23.2 Å². The number of benzene rings is 2. The molecule has 0 fully saturated rings. The zero-order valence-corrected chi connectivity index (χ0v) is 18.5. The van der Waals surface area contributed by atoms with Crippen molar-refractivity contribution in [3.63, 3.8) is 0 Å². The number of nitrogens with one attached hydrogen (secondary N) is 1. The Balaban J connectivity index is 2.17. The van der Waals surface area contributed by atoms with Crippen LogP contribution in [0.2, 0.25) is 10.0 Å². The summed E-state index contributed by atoms with van der Waals surface area (Å²) in [5, 5.41) is 3.88. The molecular weight excluding hydrogens is 407 g/mol. The van der Waals surface area contributed by atoms with E-state index in [1.54, 1.807) is 30.0 Å². The number of hydrogen-bond acceptors (Lipinski definition) is 2. The van der Waals surface area contributed by atoms with Gasteiger partial charge in [0.2, 0.25) is 11.8 Å². The lowest BCUT2D eigenvalue weighted by molar-refractivity contribution is -0.140. The van der Waals surface area contributed by atoms with Gasteiger partial charge in [0.1, 0.15) is 6.04 Å². The molecule has 1 atom stereocenters. The lowest BCUT2D eigenvalue weighted by atomic mass is 10.1. The van der Waals surface area contributed by atoms with Crippen LogP contribution in [0.4, 0.5) is 0 Å². The van der Waals surface area contributed by atoms with Crippen molar-refractivity contribution < 1.29 is 9.59 Å². The molecule has 0 aromatic heterocycles. The van der Waals surface area contributed by atoms with Gasteiger partial charge in [0, 0.05) is 35.1 Å².